The Morgan fingerprint density at radius 2 is 2.33 bits per heavy atom. The molecule has 0 aromatic rings. The summed E-state index contributed by atoms with van der Waals surface area (Å²) in [5.41, 5.74) is 2.34. The van der Waals surface area contributed by atoms with E-state index in [1.807, 2.05) is 32.2 Å². The molecule has 1 unspecified atom stereocenters. The van der Waals surface area contributed by atoms with E-state index in [2.05, 4.69) is 16.7 Å². The van der Waals surface area contributed by atoms with Crippen LogP contribution in [0.3, 0.4) is 0 Å². The van der Waals surface area contributed by atoms with Crippen molar-refractivity contribution in [1.29, 1.82) is 0 Å². The van der Waals surface area contributed by atoms with E-state index in [0.717, 1.165) is 12.1 Å². The number of rotatable bonds is 3. The molecule has 0 aliphatic heterocycles. The second-order valence-corrected chi connectivity index (χ2v) is 3.54. The number of hydrogen-bond acceptors (Lipinski definition) is 2. The van der Waals surface area contributed by atoms with Crippen LogP contribution in [0.2, 0.25) is 0 Å². The Kier molecular flexibility index (Phi) is 4.16. The van der Waals surface area contributed by atoms with Gasteiger partial charge in [0.25, 0.3) is 0 Å². The van der Waals surface area contributed by atoms with Gasteiger partial charge in [0.05, 0.1) is 6.04 Å². The molecule has 0 heterocycles. The van der Waals surface area contributed by atoms with E-state index < -0.39 is 0 Å². The summed E-state index contributed by atoms with van der Waals surface area (Å²) in [5.74, 6) is 0.0115. The van der Waals surface area contributed by atoms with Gasteiger partial charge in [-0.15, -0.1) is 0 Å². The van der Waals surface area contributed by atoms with Crippen LogP contribution in [-0.4, -0.2) is 19.0 Å². The molecular formula is C12H18N2O. The zero-order valence-electron chi connectivity index (χ0n) is 9.50. The largest absolute Gasteiger partial charge is 0.388 e. The van der Waals surface area contributed by atoms with Crippen LogP contribution in [0.5, 0.6) is 0 Å². The van der Waals surface area contributed by atoms with Gasteiger partial charge < -0.3 is 10.6 Å². The Morgan fingerprint density at radius 3 is 2.87 bits per heavy atom. The van der Waals surface area contributed by atoms with Crippen LogP contribution in [0.4, 0.5) is 0 Å². The first-order valence-electron chi connectivity index (χ1n) is 5.16. The van der Waals surface area contributed by atoms with Gasteiger partial charge in [-0.25, -0.2) is 0 Å². The van der Waals surface area contributed by atoms with Gasteiger partial charge in [0.1, 0.15) is 0 Å². The lowest BCUT2D eigenvalue weighted by atomic mass is 9.97. The maximum atomic E-state index is 10.9. The molecule has 0 fully saturated rings. The molecule has 0 aromatic heterocycles. The lowest BCUT2D eigenvalue weighted by Crippen LogP contribution is -2.33. The average molecular weight is 206 g/mol. The van der Waals surface area contributed by atoms with Crippen molar-refractivity contribution in [2.24, 2.45) is 0 Å². The lowest BCUT2D eigenvalue weighted by Gasteiger charge is -2.20. The number of carbonyl (C=O) groups excluding carboxylic acids is 1. The molecule has 0 bridgehead atoms. The topological polar surface area (TPSA) is 41.1 Å². The Hall–Kier alpha value is -1.51. The summed E-state index contributed by atoms with van der Waals surface area (Å²) in [7, 11) is 1.90. The van der Waals surface area contributed by atoms with Crippen molar-refractivity contribution in [3.8, 4) is 0 Å². The van der Waals surface area contributed by atoms with E-state index >= 15 is 0 Å². The molecule has 3 heteroatoms. The first-order chi connectivity index (χ1) is 7.17. The van der Waals surface area contributed by atoms with Crippen molar-refractivity contribution in [1.82, 2.24) is 10.6 Å². The third-order valence-electron chi connectivity index (χ3n) is 2.37. The van der Waals surface area contributed by atoms with Crippen molar-refractivity contribution < 1.29 is 4.79 Å². The Balaban J connectivity index is 2.67. The summed E-state index contributed by atoms with van der Waals surface area (Å²) in [4.78, 5) is 10.9. The van der Waals surface area contributed by atoms with E-state index in [-0.39, 0.29) is 11.9 Å². The van der Waals surface area contributed by atoms with E-state index in [1.54, 1.807) is 6.92 Å². The highest BCUT2D eigenvalue weighted by Gasteiger charge is 2.13. The SMILES string of the molecule is C/C=C(\NC)C1=CC=CC(NC(C)=O)C1. The Labute approximate surface area is 90.9 Å². The molecule has 1 amide bonds. The van der Waals surface area contributed by atoms with Crippen LogP contribution < -0.4 is 10.6 Å². The fraction of sp³-hybridized carbons (Fsp3) is 0.417. The predicted molar refractivity (Wildman–Crippen MR) is 62.3 cm³/mol. The number of likely N-dealkylation sites (N-methyl/N-ethyl adjacent to an activating group) is 1. The molecule has 3 nitrogen and oxygen atoms in total. The monoisotopic (exact) mass is 206 g/mol. The fourth-order valence-corrected chi connectivity index (χ4v) is 1.73. The van der Waals surface area contributed by atoms with Gasteiger partial charge in [-0.3, -0.25) is 4.79 Å². The minimum atomic E-state index is 0.0115. The average Bonchev–Trinajstić information content (AvgIpc) is 2.19. The molecule has 0 saturated heterocycles. The van der Waals surface area contributed by atoms with Crippen LogP contribution in [0, 0.1) is 0 Å². The number of allylic oxidation sites excluding steroid dienone is 4. The molecule has 1 aliphatic carbocycles. The smallest absolute Gasteiger partial charge is 0.217 e. The number of hydrogen-bond donors (Lipinski definition) is 2. The maximum Gasteiger partial charge on any atom is 0.217 e. The van der Waals surface area contributed by atoms with Gasteiger partial charge in [-0.05, 0) is 18.9 Å². The first kappa shape index (κ1) is 11.6. The molecule has 1 rings (SSSR count). The predicted octanol–water partition coefficient (Wildman–Crippen LogP) is 1.50. The second kappa shape index (κ2) is 5.39. The van der Waals surface area contributed by atoms with Crippen LogP contribution in [0.25, 0.3) is 0 Å². The van der Waals surface area contributed by atoms with Gasteiger partial charge >= 0.3 is 0 Å². The van der Waals surface area contributed by atoms with E-state index in [0.29, 0.717) is 0 Å². The van der Waals surface area contributed by atoms with Crippen molar-refractivity contribution in [3.05, 3.63) is 35.6 Å². The summed E-state index contributed by atoms with van der Waals surface area (Å²) < 4.78 is 0. The molecule has 0 saturated carbocycles. The summed E-state index contributed by atoms with van der Waals surface area (Å²) in [6.45, 7) is 3.54. The molecule has 15 heavy (non-hydrogen) atoms. The number of amides is 1. The van der Waals surface area contributed by atoms with E-state index in [1.165, 1.54) is 5.57 Å². The molecule has 82 valence electrons. The molecule has 1 aliphatic rings. The molecule has 0 radical (unpaired) electrons. The third kappa shape index (κ3) is 3.27. The molecule has 0 spiro atoms. The number of nitrogens with one attached hydrogen (secondary N) is 2. The van der Waals surface area contributed by atoms with Crippen LogP contribution in [0.15, 0.2) is 35.6 Å². The van der Waals surface area contributed by atoms with E-state index in [9.17, 15) is 4.79 Å². The Morgan fingerprint density at radius 1 is 1.60 bits per heavy atom. The van der Waals surface area contributed by atoms with E-state index in [4.69, 9.17) is 0 Å². The highest BCUT2D eigenvalue weighted by Crippen LogP contribution is 2.18. The quantitative estimate of drug-likeness (QED) is 0.734. The minimum Gasteiger partial charge on any atom is -0.388 e. The summed E-state index contributed by atoms with van der Waals surface area (Å²) in [6, 6.07) is 0.116. The van der Waals surface area contributed by atoms with Gasteiger partial charge in [0.2, 0.25) is 5.91 Å². The standard InChI is InChI=1S/C12H18N2O/c1-4-12(13-3)10-6-5-7-11(8-10)14-9(2)15/h4-7,11,13H,8H2,1-3H3,(H,14,15)/b12-4-. The maximum absolute atomic E-state index is 10.9. The Bertz CT molecular complexity index is 327. The van der Waals surface area contributed by atoms with Gasteiger partial charge in [-0.1, -0.05) is 24.3 Å². The summed E-state index contributed by atoms with van der Waals surface area (Å²) >= 11 is 0. The highest BCUT2D eigenvalue weighted by atomic mass is 16.1. The fourth-order valence-electron chi connectivity index (χ4n) is 1.73. The van der Waals surface area contributed by atoms with Crippen molar-refractivity contribution in [3.63, 3.8) is 0 Å². The van der Waals surface area contributed by atoms with Crippen molar-refractivity contribution in [2.45, 2.75) is 26.3 Å². The van der Waals surface area contributed by atoms with Crippen LogP contribution >= 0.6 is 0 Å². The lowest BCUT2D eigenvalue weighted by molar-refractivity contribution is -0.119. The normalized spacial score (nSPS) is 20.9. The van der Waals surface area contributed by atoms with Gasteiger partial charge in [0.15, 0.2) is 0 Å². The minimum absolute atomic E-state index is 0.0115. The first-order valence-corrected chi connectivity index (χ1v) is 5.16. The van der Waals surface area contributed by atoms with Gasteiger partial charge in [0, 0.05) is 19.7 Å². The van der Waals surface area contributed by atoms with Crippen LogP contribution in [0.1, 0.15) is 20.3 Å². The summed E-state index contributed by atoms with van der Waals surface area (Å²) in [6.07, 6.45) is 8.95. The van der Waals surface area contributed by atoms with Crippen LogP contribution in [-0.2, 0) is 4.79 Å². The molecule has 2 N–H and O–H groups in total. The zero-order chi connectivity index (χ0) is 11.3. The zero-order valence-corrected chi connectivity index (χ0v) is 9.50. The number of carbonyl (C=O) groups is 1. The molecule has 1 atom stereocenters. The molecular weight excluding hydrogens is 188 g/mol. The van der Waals surface area contributed by atoms with Gasteiger partial charge in [-0.2, -0.15) is 0 Å². The summed E-state index contributed by atoms with van der Waals surface area (Å²) in [5, 5.41) is 6.03. The second-order valence-electron chi connectivity index (χ2n) is 3.54. The third-order valence-corrected chi connectivity index (χ3v) is 2.37. The van der Waals surface area contributed by atoms with Crippen molar-refractivity contribution >= 4 is 5.91 Å². The highest BCUT2D eigenvalue weighted by molar-refractivity contribution is 5.73. The van der Waals surface area contributed by atoms with Crippen molar-refractivity contribution in [2.75, 3.05) is 7.05 Å². The molecule has 0 aromatic carbocycles.